The Balaban J connectivity index is 2.31. The van der Waals surface area contributed by atoms with Gasteiger partial charge in [-0.3, -0.25) is 4.79 Å². The molecule has 4 nitrogen and oxygen atoms in total. The molecule has 6 heteroatoms. The van der Waals surface area contributed by atoms with Gasteiger partial charge in [0.25, 0.3) is 5.56 Å². The Hall–Kier alpha value is -2.50. The van der Waals surface area contributed by atoms with E-state index >= 15 is 0 Å². The van der Waals surface area contributed by atoms with Gasteiger partial charge < -0.3 is 9.72 Å². The topological polar surface area (TPSA) is 55.0 Å². The van der Waals surface area contributed by atoms with Crippen molar-refractivity contribution in [3.8, 4) is 5.75 Å². The number of rotatable bonds is 5. The third-order valence-electron chi connectivity index (χ3n) is 2.90. The van der Waals surface area contributed by atoms with E-state index in [-0.39, 0.29) is 17.2 Å². The van der Waals surface area contributed by atoms with Gasteiger partial charge in [0.15, 0.2) is 0 Å². The maximum absolute atomic E-state index is 12.4. The number of H-pyrrole nitrogens is 1. The van der Waals surface area contributed by atoms with Crippen LogP contribution in [-0.4, -0.2) is 16.6 Å². The summed E-state index contributed by atoms with van der Waals surface area (Å²) in [6.45, 7) is 0.939. The Morgan fingerprint density at radius 3 is 2.64 bits per heavy atom. The van der Waals surface area contributed by atoms with Crippen LogP contribution < -0.4 is 10.3 Å². The second-order valence-electron chi connectivity index (χ2n) is 4.96. The molecule has 0 radical (unpaired) electrons. The van der Waals surface area contributed by atoms with E-state index in [9.17, 15) is 13.6 Å². The van der Waals surface area contributed by atoms with E-state index in [0.717, 1.165) is 0 Å². The minimum atomic E-state index is -2.89. The van der Waals surface area contributed by atoms with Crippen molar-refractivity contribution in [1.82, 2.24) is 9.97 Å². The molecule has 1 heterocycles. The SMILES string of the molecule is CC(C)c1nc(/C=C/c2ccccc2OC(F)F)cc(=O)[nH]1. The number of nitrogens with zero attached hydrogens (tertiary/aromatic N) is 1. The zero-order chi connectivity index (χ0) is 16.1. The number of hydrogen-bond donors (Lipinski definition) is 1. The van der Waals surface area contributed by atoms with E-state index in [1.54, 1.807) is 30.4 Å². The molecule has 0 unspecified atom stereocenters. The van der Waals surface area contributed by atoms with E-state index in [1.165, 1.54) is 12.1 Å². The van der Waals surface area contributed by atoms with Gasteiger partial charge in [-0.2, -0.15) is 8.78 Å². The second kappa shape index (κ2) is 6.98. The molecule has 2 aromatic rings. The highest BCUT2D eigenvalue weighted by molar-refractivity contribution is 5.71. The van der Waals surface area contributed by atoms with Crippen LogP contribution in [0.3, 0.4) is 0 Å². The summed E-state index contributed by atoms with van der Waals surface area (Å²) in [5.74, 6) is 0.724. The van der Waals surface area contributed by atoms with E-state index in [2.05, 4.69) is 14.7 Å². The molecule has 0 atom stereocenters. The summed E-state index contributed by atoms with van der Waals surface area (Å²) in [6, 6.07) is 7.76. The van der Waals surface area contributed by atoms with E-state index < -0.39 is 6.61 Å². The van der Waals surface area contributed by atoms with Gasteiger partial charge in [-0.1, -0.05) is 32.0 Å². The van der Waals surface area contributed by atoms with Crippen LogP contribution in [0.25, 0.3) is 12.2 Å². The van der Waals surface area contributed by atoms with Crippen molar-refractivity contribution in [2.45, 2.75) is 26.4 Å². The number of halogens is 2. The molecule has 0 fully saturated rings. The van der Waals surface area contributed by atoms with Gasteiger partial charge >= 0.3 is 6.61 Å². The fourth-order valence-corrected chi connectivity index (χ4v) is 1.85. The van der Waals surface area contributed by atoms with Crippen LogP contribution in [0, 0.1) is 0 Å². The summed E-state index contributed by atoms with van der Waals surface area (Å²) >= 11 is 0. The molecule has 0 amide bonds. The lowest BCUT2D eigenvalue weighted by Gasteiger charge is -2.07. The number of benzene rings is 1. The van der Waals surface area contributed by atoms with Crippen molar-refractivity contribution in [2.24, 2.45) is 0 Å². The molecule has 0 spiro atoms. The smallest absolute Gasteiger partial charge is 0.387 e. The predicted molar refractivity (Wildman–Crippen MR) is 80.9 cm³/mol. The largest absolute Gasteiger partial charge is 0.434 e. The number of alkyl halides is 2. The Morgan fingerprint density at radius 1 is 1.23 bits per heavy atom. The molecule has 1 aromatic carbocycles. The van der Waals surface area contributed by atoms with Crippen LogP contribution >= 0.6 is 0 Å². The molecular formula is C16H16F2N2O2. The third-order valence-corrected chi connectivity index (χ3v) is 2.90. The summed E-state index contributed by atoms with van der Waals surface area (Å²) in [5.41, 5.74) is 0.686. The van der Waals surface area contributed by atoms with Gasteiger partial charge in [-0.25, -0.2) is 4.98 Å². The normalized spacial score (nSPS) is 11.5. The molecule has 116 valence electrons. The Labute approximate surface area is 126 Å². The van der Waals surface area contributed by atoms with Gasteiger partial charge in [-0.05, 0) is 18.2 Å². The lowest BCUT2D eigenvalue weighted by Crippen LogP contribution is -2.12. The first-order valence-corrected chi connectivity index (χ1v) is 6.79. The summed E-state index contributed by atoms with van der Waals surface area (Å²) in [6.07, 6.45) is 3.18. The first-order valence-electron chi connectivity index (χ1n) is 6.79. The van der Waals surface area contributed by atoms with Crippen LogP contribution in [0.5, 0.6) is 5.75 Å². The van der Waals surface area contributed by atoms with Gasteiger partial charge in [0.2, 0.25) is 0 Å². The Kier molecular flexibility index (Phi) is 5.04. The zero-order valence-electron chi connectivity index (χ0n) is 12.2. The van der Waals surface area contributed by atoms with Crippen molar-refractivity contribution in [3.05, 3.63) is 57.8 Å². The monoisotopic (exact) mass is 306 g/mol. The highest BCUT2D eigenvalue weighted by Crippen LogP contribution is 2.22. The van der Waals surface area contributed by atoms with Crippen LogP contribution in [0.4, 0.5) is 8.78 Å². The molecule has 0 saturated carbocycles. The minimum absolute atomic E-state index is 0.0719. The maximum Gasteiger partial charge on any atom is 0.387 e. The van der Waals surface area contributed by atoms with Crippen LogP contribution in [-0.2, 0) is 0 Å². The number of ether oxygens (including phenoxy) is 1. The van der Waals surface area contributed by atoms with Crippen molar-refractivity contribution in [1.29, 1.82) is 0 Å². The number of aromatic nitrogens is 2. The first kappa shape index (κ1) is 15.9. The van der Waals surface area contributed by atoms with Gasteiger partial charge in [0, 0.05) is 17.5 Å². The molecule has 0 saturated heterocycles. The summed E-state index contributed by atoms with van der Waals surface area (Å²) in [4.78, 5) is 18.6. The minimum Gasteiger partial charge on any atom is -0.434 e. The van der Waals surface area contributed by atoms with E-state index in [4.69, 9.17) is 0 Å². The number of aromatic amines is 1. The van der Waals surface area contributed by atoms with Crippen molar-refractivity contribution < 1.29 is 13.5 Å². The molecule has 1 N–H and O–H groups in total. The Bertz CT molecular complexity index is 724. The molecule has 0 aliphatic rings. The van der Waals surface area contributed by atoms with Crippen LogP contribution in [0.15, 0.2) is 35.1 Å². The fourth-order valence-electron chi connectivity index (χ4n) is 1.85. The number of nitrogens with one attached hydrogen (secondary N) is 1. The lowest BCUT2D eigenvalue weighted by molar-refractivity contribution is -0.0499. The fraction of sp³-hybridized carbons (Fsp3) is 0.250. The quantitative estimate of drug-likeness (QED) is 0.917. The van der Waals surface area contributed by atoms with Gasteiger partial charge in [0.05, 0.1) is 5.69 Å². The molecule has 1 aromatic heterocycles. The summed E-state index contributed by atoms with van der Waals surface area (Å²) in [5, 5.41) is 0. The average Bonchev–Trinajstić information content (AvgIpc) is 2.45. The summed E-state index contributed by atoms with van der Waals surface area (Å²) in [7, 11) is 0. The molecule has 0 aliphatic carbocycles. The first-order chi connectivity index (χ1) is 10.5. The summed E-state index contributed by atoms with van der Waals surface area (Å²) < 4.78 is 29.2. The van der Waals surface area contributed by atoms with Crippen molar-refractivity contribution >= 4 is 12.2 Å². The third kappa shape index (κ3) is 4.25. The molecule has 22 heavy (non-hydrogen) atoms. The average molecular weight is 306 g/mol. The second-order valence-corrected chi connectivity index (χ2v) is 4.96. The van der Waals surface area contributed by atoms with Crippen molar-refractivity contribution in [2.75, 3.05) is 0 Å². The van der Waals surface area contributed by atoms with E-state index in [0.29, 0.717) is 17.1 Å². The van der Waals surface area contributed by atoms with Gasteiger partial charge in [-0.15, -0.1) is 0 Å². The van der Waals surface area contributed by atoms with Crippen LogP contribution in [0.1, 0.15) is 36.8 Å². The highest BCUT2D eigenvalue weighted by atomic mass is 19.3. The standard InChI is InChI=1S/C16H16F2N2O2/c1-10(2)15-19-12(9-14(21)20-15)8-7-11-5-3-4-6-13(11)22-16(17)18/h3-10,16H,1-2H3,(H,19,20,21)/b8-7+. The number of hydrogen-bond acceptors (Lipinski definition) is 3. The molecular weight excluding hydrogens is 290 g/mol. The maximum atomic E-state index is 12.4. The van der Waals surface area contributed by atoms with Crippen molar-refractivity contribution in [3.63, 3.8) is 0 Å². The van der Waals surface area contributed by atoms with E-state index in [1.807, 2.05) is 13.8 Å². The molecule has 0 bridgehead atoms. The molecule has 0 aliphatic heterocycles. The molecule has 2 rings (SSSR count). The Morgan fingerprint density at radius 2 is 1.95 bits per heavy atom. The lowest BCUT2D eigenvalue weighted by atomic mass is 10.1. The highest BCUT2D eigenvalue weighted by Gasteiger charge is 2.07. The van der Waals surface area contributed by atoms with Gasteiger partial charge in [0.1, 0.15) is 11.6 Å². The number of para-hydroxylation sites is 1. The van der Waals surface area contributed by atoms with Crippen LogP contribution in [0.2, 0.25) is 0 Å². The zero-order valence-corrected chi connectivity index (χ0v) is 12.2. The predicted octanol–water partition coefficient (Wildman–Crippen LogP) is 3.67.